The molecule has 1 fully saturated rings. The van der Waals surface area contributed by atoms with E-state index in [4.69, 9.17) is 14.0 Å². The Morgan fingerprint density at radius 2 is 1.84 bits per heavy atom. The second-order valence-electron chi connectivity index (χ2n) is 6.98. The molecule has 0 bridgehead atoms. The average molecular weight is 433 g/mol. The minimum Gasteiger partial charge on any atom is -0.497 e. The lowest BCUT2D eigenvalue weighted by Crippen LogP contribution is -2.25. The monoisotopic (exact) mass is 433 g/mol. The van der Waals surface area contributed by atoms with E-state index in [9.17, 15) is 18.0 Å². The van der Waals surface area contributed by atoms with Crippen molar-refractivity contribution in [2.45, 2.75) is 18.5 Å². The van der Waals surface area contributed by atoms with Gasteiger partial charge in [-0.15, -0.1) is 0 Å². The predicted octanol–water partition coefficient (Wildman–Crippen LogP) is 4.29. The van der Waals surface area contributed by atoms with Gasteiger partial charge >= 0.3 is 6.18 Å². The Morgan fingerprint density at radius 1 is 1.10 bits per heavy atom. The van der Waals surface area contributed by atoms with E-state index >= 15 is 0 Å². The highest BCUT2D eigenvalue weighted by molar-refractivity contribution is 5.98. The number of carbonyl (C=O) groups is 1. The van der Waals surface area contributed by atoms with E-state index < -0.39 is 11.7 Å². The van der Waals surface area contributed by atoms with Gasteiger partial charge in [0, 0.05) is 30.5 Å². The van der Waals surface area contributed by atoms with Crippen LogP contribution in [0.5, 0.6) is 11.5 Å². The van der Waals surface area contributed by atoms with Gasteiger partial charge in [0.25, 0.3) is 5.89 Å². The van der Waals surface area contributed by atoms with E-state index in [1.54, 1.807) is 23.1 Å². The molecular weight excluding hydrogens is 415 g/mol. The number of hydrogen-bond acceptors (Lipinski definition) is 6. The van der Waals surface area contributed by atoms with Gasteiger partial charge in [-0.3, -0.25) is 4.79 Å². The number of benzene rings is 2. The third-order valence-electron chi connectivity index (χ3n) is 5.07. The molecule has 0 saturated carbocycles. The van der Waals surface area contributed by atoms with E-state index in [0.717, 1.165) is 12.1 Å². The minimum atomic E-state index is -4.42. The molecule has 1 saturated heterocycles. The van der Waals surface area contributed by atoms with Gasteiger partial charge in [-0.1, -0.05) is 5.16 Å². The smallest absolute Gasteiger partial charge is 0.416 e. The molecule has 0 radical (unpaired) electrons. The summed E-state index contributed by atoms with van der Waals surface area (Å²) in [4.78, 5) is 18.5. The van der Waals surface area contributed by atoms with Crippen LogP contribution in [0.2, 0.25) is 0 Å². The Hall–Kier alpha value is -3.56. The molecule has 3 aromatic rings. The summed E-state index contributed by atoms with van der Waals surface area (Å²) in [5.74, 6) is 1.03. The molecule has 4 rings (SSSR count). The van der Waals surface area contributed by atoms with Crippen molar-refractivity contribution in [3.05, 3.63) is 53.9 Å². The molecule has 1 aromatic heterocycles. The molecule has 1 aliphatic rings. The molecule has 0 N–H and O–H groups in total. The number of carbonyl (C=O) groups excluding carboxylic acids is 1. The summed E-state index contributed by atoms with van der Waals surface area (Å²) < 4.78 is 54.1. The number of anilines is 1. The van der Waals surface area contributed by atoms with E-state index in [-0.39, 0.29) is 24.1 Å². The van der Waals surface area contributed by atoms with Gasteiger partial charge < -0.3 is 18.9 Å². The van der Waals surface area contributed by atoms with Gasteiger partial charge in [0.05, 0.1) is 25.5 Å². The van der Waals surface area contributed by atoms with Crippen LogP contribution in [-0.2, 0) is 11.0 Å². The maximum absolute atomic E-state index is 12.7. The summed E-state index contributed by atoms with van der Waals surface area (Å²) in [6, 6.07) is 9.61. The first-order chi connectivity index (χ1) is 14.8. The number of nitrogens with zero attached hydrogens (tertiary/aromatic N) is 3. The van der Waals surface area contributed by atoms with Crippen molar-refractivity contribution in [2.24, 2.45) is 0 Å². The Labute approximate surface area is 175 Å². The van der Waals surface area contributed by atoms with Gasteiger partial charge in [0.1, 0.15) is 11.5 Å². The highest BCUT2D eigenvalue weighted by atomic mass is 19.4. The molecule has 2 heterocycles. The highest BCUT2D eigenvalue weighted by Gasteiger charge is 2.36. The van der Waals surface area contributed by atoms with Gasteiger partial charge in [0.15, 0.2) is 5.82 Å². The van der Waals surface area contributed by atoms with Crippen LogP contribution >= 0.6 is 0 Å². The fourth-order valence-electron chi connectivity index (χ4n) is 3.44. The van der Waals surface area contributed by atoms with Gasteiger partial charge in [0.2, 0.25) is 5.91 Å². The molecule has 1 aliphatic heterocycles. The number of hydrogen-bond donors (Lipinski definition) is 0. The largest absolute Gasteiger partial charge is 0.497 e. The van der Waals surface area contributed by atoms with Crippen LogP contribution < -0.4 is 14.4 Å². The summed E-state index contributed by atoms with van der Waals surface area (Å²) in [6.07, 6.45) is -4.26. The van der Waals surface area contributed by atoms with Gasteiger partial charge in [-0.25, -0.2) is 0 Å². The molecular formula is C21H18F3N3O4. The van der Waals surface area contributed by atoms with Crippen LogP contribution in [0.1, 0.15) is 23.7 Å². The van der Waals surface area contributed by atoms with Crippen molar-refractivity contribution in [1.29, 1.82) is 0 Å². The molecule has 1 atom stereocenters. The molecule has 1 amide bonds. The molecule has 1 unspecified atom stereocenters. The van der Waals surface area contributed by atoms with Crippen LogP contribution in [0.15, 0.2) is 47.0 Å². The third-order valence-corrected chi connectivity index (χ3v) is 5.07. The second-order valence-corrected chi connectivity index (χ2v) is 6.98. The number of methoxy groups -OCH3 is 2. The van der Waals surface area contributed by atoms with E-state index in [2.05, 4.69) is 10.1 Å². The van der Waals surface area contributed by atoms with E-state index in [0.29, 0.717) is 35.1 Å². The summed E-state index contributed by atoms with van der Waals surface area (Å²) in [5.41, 5.74) is 0.170. The third kappa shape index (κ3) is 4.05. The summed E-state index contributed by atoms with van der Waals surface area (Å²) in [5, 5.41) is 3.94. The topological polar surface area (TPSA) is 77.7 Å². The molecule has 162 valence electrons. The fraction of sp³-hybridized carbons (Fsp3) is 0.286. The minimum absolute atomic E-state index is 0.0913. The number of amides is 1. The maximum atomic E-state index is 12.7. The standard InChI is InChI=1S/C21H18F3N3O4/c1-29-15-7-8-17(30-2)16(10-15)27-11-13(9-18(27)28)19-25-20(31-26-19)12-3-5-14(6-4-12)21(22,23)24/h3-8,10,13H,9,11H2,1-2H3. The number of aromatic nitrogens is 2. The molecule has 2 aromatic carbocycles. The number of halogens is 3. The Balaban J connectivity index is 1.55. The Kier molecular flexibility index (Phi) is 5.30. The zero-order chi connectivity index (χ0) is 22.2. The van der Waals surface area contributed by atoms with Crippen molar-refractivity contribution >= 4 is 11.6 Å². The lowest BCUT2D eigenvalue weighted by Gasteiger charge is -2.20. The van der Waals surface area contributed by atoms with Crippen LogP contribution in [0.25, 0.3) is 11.5 Å². The number of alkyl halides is 3. The van der Waals surface area contributed by atoms with Crippen molar-refractivity contribution in [2.75, 3.05) is 25.7 Å². The molecule has 31 heavy (non-hydrogen) atoms. The fourth-order valence-corrected chi connectivity index (χ4v) is 3.44. The van der Waals surface area contributed by atoms with Crippen LogP contribution in [0.3, 0.4) is 0 Å². The predicted molar refractivity (Wildman–Crippen MR) is 104 cm³/mol. The zero-order valence-electron chi connectivity index (χ0n) is 16.6. The molecule has 7 nitrogen and oxygen atoms in total. The summed E-state index contributed by atoms with van der Waals surface area (Å²) in [6.45, 7) is 0.300. The van der Waals surface area contributed by atoms with Gasteiger partial charge in [-0.2, -0.15) is 18.2 Å². The second kappa shape index (κ2) is 7.93. The first-order valence-electron chi connectivity index (χ1n) is 9.33. The summed E-state index contributed by atoms with van der Waals surface area (Å²) >= 11 is 0. The van der Waals surface area contributed by atoms with Crippen LogP contribution in [-0.4, -0.2) is 36.8 Å². The average Bonchev–Trinajstić information content (AvgIpc) is 3.39. The molecule has 0 aliphatic carbocycles. The zero-order valence-corrected chi connectivity index (χ0v) is 16.6. The van der Waals surface area contributed by atoms with Gasteiger partial charge in [-0.05, 0) is 36.4 Å². The quantitative estimate of drug-likeness (QED) is 0.597. The van der Waals surface area contributed by atoms with Crippen molar-refractivity contribution < 1.29 is 32.0 Å². The Bertz CT molecular complexity index is 1100. The number of ether oxygens (including phenoxy) is 2. The van der Waals surface area contributed by atoms with Crippen LogP contribution in [0, 0.1) is 0 Å². The van der Waals surface area contributed by atoms with Crippen molar-refractivity contribution in [1.82, 2.24) is 10.1 Å². The Morgan fingerprint density at radius 3 is 2.48 bits per heavy atom. The lowest BCUT2D eigenvalue weighted by atomic mass is 10.1. The first kappa shape index (κ1) is 20.7. The molecule has 0 spiro atoms. The lowest BCUT2D eigenvalue weighted by molar-refractivity contribution is -0.137. The van der Waals surface area contributed by atoms with Crippen LogP contribution in [0.4, 0.5) is 18.9 Å². The number of rotatable bonds is 5. The molecule has 10 heteroatoms. The van der Waals surface area contributed by atoms with Crippen molar-refractivity contribution in [3.63, 3.8) is 0 Å². The highest BCUT2D eigenvalue weighted by Crippen LogP contribution is 2.38. The first-order valence-corrected chi connectivity index (χ1v) is 9.33. The van der Waals surface area contributed by atoms with E-state index in [1.807, 2.05) is 0 Å². The van der Waals surface area contributed by atoms with Crippen molar-refractivity contribution in [3.8, 4) is 23.0 Å². The maximum Gasteiger partial charge on any atom is 0.416 e. The van der Waals surface area contributed by atoms with E-state index in [1.165, 1.54) is 26.4 Å². The normalized spacial score (nSPS) is 16.6. The summed E-state index contributed by atoms with van der Waals surface area (Å²) in [7, 11) is 3.04. The SMILES string of the molecule is COc1ccc(OC)c(N2CC(c3noc(-c4ccc(C(F)(F)F)cc4)n3)CC2=O)c1.